The lowest BCUT2D eigenvalue weighted by atomic mass is 10.3. The molecular weight excluding hydrogens is 230 g/mol. The molecular formula is C11H11N7. The summed E-state index contributed by atoms with van der Waals surface area (Å²) in [6.07, 6.45) is 2.86. The first-order chi connectivity index (χ1) is 8.72. The SMILES string of the molecule is CNc1cc(Nc2cnc(C#N)cn2)nnc1C. The lowest BCUT2D eigenvalue weighted by molar-refractivity contribution is 0.983. The summed E-state index contributed by atoms with van der Waals surface area (Å²) >= 11 is 0. The van der Waals surface area contributed by atoms with Crippen molar-refractivity contribution >= 4 is 17.3 Å². The van der Waals surface area contributed by atoms with Gasteiger partial charge in [0.25, 0.3) is 0 Å². The van der Waals surface area contributed by atoms with Crippen molar-refractivity contribution in [3.8, 4) is 6.07 Å². The summed E-state index contributed by atoms with van der Waals surface area (Å²) in [7, 11) is 1.81. The van der Waals surface area contributed by atoms with Crippen LogP contribution >= 0.6 is 0 Å². The van der Waals surface area contributed by atoms with Crippen LogP contribution in [0.15, 0.2) is 18.5 Å². The molecule has 2 N–H and O–H groups in total. The molecule has 2 rings (SSSR count). The van der Waals surface area contributed by atoms with Crippen molar-refractivity contribution in [1.82, 2.24) is 20.2 Å². The Morgan fingerprint density at radius 1 is 1.17 bits per heavy atom. The predicted octanol–water partition coefficient (Wildman–Crippen LogP) is 1.23. The normalized spacial score (nSPS) is 9.61. The first kappa shape index (κ1) is 11.7. The molecule has 0 aliphatic heterocycles. The third-order valence-electron chi connectivity index (χ3n) is 2.27. The minimum atomic E-state index is 0.270. The number of aryl methyl sites for hydroxylation is 1. The van der Waals surface area contributed by atoms with Crippen molar-refractivity contribution in [1.29, 1.82) is 5.26 Å². The molecule has 0 saturated carbocycles. The maximum absolute atomic E-state index is 8.61. The highest BCUT2D eigenvalue weighted by atomic mass is 15.2. The second-order valence-electron chi connectivity index (χ2n) is 3.50. The van der Waals surface area contributed by atoms with Crippen LogP contribution in [-0.4, -0.2) is 27.2 Å². The summed E-state index contributed by atoms with van der Waals surface area (Å²) in [5.74, 6) is 1.07. The Balaban J connectivity index is 2.20. The highest BCUT2D eigenvalue weighted by Crippen LogP contribution is 2.17. The number of nitrogens with one attached hydrogen (secondary N) is 2. The van der Waals surface area contributed by atoms with Gasteiger partial charge in [0.15, 0.2) is 11.5 Å². The number of nitriles is 1. The van der Waals surface area contributed by atoms with Crippen LogP contribution in [0, 0.1) is 18.3 Å². The summed E-state index contributed by atoms with van der Waals surface area (Å²) in [4.78, 5) is 7.94. The second kappa shape index (κ2) is 5.05. The topological polar surface area (TPSA) is 99.4 Å². The van der Waals surface area contributed by atoms with Gasteiger partial charge in [0, 0.05) is 13.1 Å². The number of rotatable bonds is 3. The molecule has 0 amide bonds. The van der Waals surface area contributed by atoms with Crippen LogP contribution in [0.5, 0.6) is 0 Å². The van der Waals surface area contributed by atoms with E-state index in [0.717, 1.165) is 11.4 Å². The van der Waals surface area contributed by atoms with Crippen LogP contribution in [0.25, 0.3) is 0 Å². The number of anilines is 3. The van der Waals surface area contributed by atoms with Gasteiger partial charge in [-0.1, -0.05) is 0 Å². The first-order valence-electron chi connectivity index (χ1n) is 5.24. The van der Waals surface area contributed by atoms with E-state index in [4.69, 9.17) is 5.26 Å². The van der Waals surface area contributed by atoms with E-state index >= 15 is 0 Å². The van der Waals surface area contributed by atoms with Crippen LogP contribution in [0.3, 0.4) is 0 Å². The molecule has 2 heterocycles. The summed E-state index contributed by atoms with van der Waals surface area (Å²) in [5, 5.41) is 22.6. The largest absolute Gasteiger partial charge is 0.386 e. The summed E-state index contributed by atoms with van der Waals surface area (Å²) < 4.78 is 0. The summed E-state index contributed by atoms with van der Waals surface area (Å²) in [5.41, 5.74) is 1.97. The quantitative estimate of drug-likeness (QED) is 0.833. The summed E-state index contributed by atoms with van der Waals surface area (Å²) in [6, 6.07) is 3.73. The standard InChI is InChI=1S/C11H11N7/c1-7-9(13-2)3-10(18-17-7)16-11-6-14-8(4-12)5-15-11/h3,5-6H,1-2H3,(H2,13,15,16,18). The van der Waals surface area contributed by atoms with Crippen molar-refractivity contribution < 1.29 is 0 Å². The van der Waals surface area contributed by atoms with E-state index < -0.39 is 0 Å². The zero-order valence-corrected chi connectivity index (χ0v) is 9.97. The first-order valence-corrected chi connectivity index (χ1v) is 5.24. The monoisotopic (exact) mass is 241 g/mol. The third kappa shape index (κ3) is 2.49. The molecule has 2 aromatic heterocycles. The molecule has 7 heteroatoms. The van der Waals surface area contributed by atoms with Crippen LogP contribution in [-0.2, 0) is 0 Å². The number of hydrogen-bond acceptors (Lipinski definition) is 7. The minimum Gasteiger partial charge on any atom is -0.386 e. The Morgan fingerprint density at radius 2 is 2.00 bits per heavy atom. The summed E-state index contributed by atoms with van der Waals surface area (Å²) in [6.45, 7) is 1.87. The molecule has 0 spiro atoms. The molecule has 18 heavy (non-hydrogen) atoms. The fourth-order valence-electron chi connectivity index (χ4n) is 1.35. The van der Waals surface area contributed by atoms with Crippen LogP contribution in [0.4, 0.5) is 17.3 Å². The maximum Gasteiger partial charge on any atom is 0.158 e. The highest BCUT2D eigenvalue weighted by molar-refractivity contribution is 5.58. The molecule has 2 aromatic rings. The highest BCUT2D eigenvalue weighted by Gasteiger charge is 2.03. The molecule has 0 saturated heterocycles. The van der Waals surface area contributed by atoms with Gasteiger partial charge >= 0.3 is 0 Å². The van der Waals surface area contributed by atoms with Gasteiger partial charge in [-0.25, -0.2) is 9.97 Å². The fraction of sp³-hybridized carbons (Fsp3) is 0.182. The van der Waals surface area contributed by atoms with Crippen LogP contribution < -0.4 is 10.6 Å². The Labute approximate surface area is 104 Å². The average molecular weight is 241 g/mol. The maximum atomic E-state index is 8.61. The Hall–Kier alpha value is -2.75. The number of aromatic nitrogens is 4. The number of hydrogen-bond donors (Lipinski definition) is 2. The molecule has 0 atom stereocenters. The van der Waals surface area contributed by atoms with E-state index in [1.807, 2.05) is 26.1 Å². The van der Waals surface area contributed by atoms with Gasteiger partial charge in [0.1, 0.15) is 11.9 Å². The van der Waals surface area contributed by atoms with Crippen LogP contribution in [0.2, 0.25) is 0 Å². The Morgan fingerprint density at radius 3 is 2.61 bits per heavy atom. The van der Waals surface area contributed by atoms with Gasteiger partial charge in [-0.2, -0.15) is 10.4 Å². The van der Waals surface area contributed by atoms with E-state index in [-0.39, 0.29) is 5.69 Å². The lowest BCUT2D eigenvalue weighted by Crippen LogP contribution is -2.02. The lowest BCUT2D eigenvalue weighted by Gasteiger charge is -2.07. The molecule has 0 aliphatic rings. The molecule has 0 radical (unpaired) electrons. The van der Waals surface area contributed by atoms with Crippen molar-refractivity contribution in [2.24, 2.45) is 0 Å². The van der Waals surface area contributed by atoms with Crippen molar-refractivity contribution in [3.05, 3.63) is 29.8 Å². The molecule has 0 bridgehead atoms. The van der Waals surface area contributed by atoms with E-state index in [1.54, 1.807) is 0 Å². The zero-order chi connectivity index (χ0) is 13.0. The average Bonchev–Trinajstić information content (AvgIpc) is 2.42. The van der Waals surface area contributed by atoms with Crippen molar-refractivity contribution in [2.45, 2.75) is 6.92 Å². The molecule has 90 valence electrons. The van der Waals surface area contributed by atoms with Crippen molar-refractivity contribution in [2.75, 3.05) is 17.7 Å². The third-order valence-corrected chi connectivity index (χ3v) is 2.27. The molecule has 0 unspecified atom stereocenters. The molecule has 0 aromatic carbocycles. The minimum absolute atomic E-state index is 0.270. The molecule has 7 nitrogen and oxygen atoms in total. The van der Waals surface area contributed by atoms with Crippen molar-refractivity contribution in [3.63, 3.8) is 0 Å². The second-order valence-corrected chi connectivity index (χ2v) is 3.50. The molecule has 0 aliphatic carbocycles. The Bertz CT molecular complexity index is 585. The van der Waals surface area contributed by atoms with Gasteiger partial charge in [-0.05, 0) is 6.92 Å². The van der Waals surface area contributed by atoms with Gasteiger partial charge in [-0.3, -0.25) is 0 Å². The smallest absolute Gasteiger partial charge is 0.158 e. The van der Waals surface area contributed by atoms with Gasteiger partial charge in [0.05, 0.1) is 23.8 Å². The van der Waals surface area contributed by atoms with E-state index in [1.165, 1.54) is 12.4 Å². The molecule has 0 fully saturated rings. The van der Waals surface area contributed by atoms with Gasteiger partial charge in [0.2, 0.25) is 0 Å². The number of nitrogens with zero attached hydrogens (tertiary/aromatic N) is 5. The predicted molar refractivity (Wildman–Crippen MR) is 66.3 cm³/mol. The van der Waals surface area contributed by atoms with Gasteiger partial charge < -0.3 is 10.6 Å². The van der Waals surface area contributed by atoms with Gasteiger partial charge in [-0.15, -0.1) is 5.10 Å². The van der Waals surface area contributed by atoms with Crippen LogP contribution in [0.1, 0.15) is 11.4 Å². The van der Waals surface area contributed by atoms with E-state index in [2.05, 4.69) is 30.8 Å². The zero-order valence-electron chi connectivity index (χ0n) is 9.97. The fourth-order valence-corrected chi connectivity index (χ4v) is 1.35. The Kier molecular flexibility index (Phi) is 3.29. The van der Waals surface area contributed by atoms with E-state index in [0.29, 0.717) is 11.6 Å². The van der Waals surface area contributed by atoms with E-state index in [9.17, 15) is 0 Å².